The Kier molecular flexibility index (Phi) is 5.69. The summed E-state index contributed by atoms with van der Waals surface area (Å²) in [6, 6.07) is 13.0. The lowest BCUT2D eigenvalue weighted by molar-refractivity contribution is 0.574. The van der Waals surface area contributed by atoms with Gasteiger partial charge >= 0.3 is 0 Å². The highest BCUT2D eigenvalue weighted by Gasteiger charge is 2.19. The number of H-pyrrole nitrogens is 1. The normalized spacial score (nSPS) is 14.2. The van der Waals surface area contributed by atoms with Crippen LogP contribution in [0.4, 0.5) is 5.82 Å². The monoisotopic (exact) mass is 402 g/mol. The molecule has 3 N–H and O–H groups in total. The topological polar surface area (TPSA) is 76.3 Å². The number of anilines is 1. The van der Waals surface area contributed by atoms with Crippen molar-refractivity contribution < 1.29 is 5.48 Å². The van der Waals surface area contributed by atoms with Crippen LogP contribution in [0.3, 0.4) is 0 Å². The molecule has 1 fully saturated rings. The number of nitrogens with one attached hydrogen (secondary N) is 1. The van der Waals surface area contributed by atoms with Crippen LogP contribution in [-0.4, -0.2) is 33.5 Å². The summed E-state index contributed by atoms with van der Waals surface area (Å²) in [5.41, 5.74) is 3.22. The Hall–Kier alpha value is -2.15. The SMILES string of the molecule is Cc1nc(N2CCCCC2)c2[nH]c(-c3cc4ccccc4s3)cc2n1.Cl.O. The molecule has 27 heavy (non-hydrogen) atoms. The maximum absolute atomic E-state index is 4.76. The van der Waals surface area contributed by atoms with Gasteiger partial charge in [-0.05, 0) is 49.8 Å². The molecule has 3 aromatic heterocycles. The van der Waals surface area contributed by atoms with Crippen molar-refractivity contribution in [3.05, 3.63) is 42.2 Å². The molecule has 5 nitrogen and oxygen atoms in total. The maximum atomic E-state index is 4.76. The van der Waals surface area contributed by atoms with E-state index in [1.165, 1.54) is 34.2 Å². The van der Waals surface area contributed by atoms with Crippen LogP contribution in [0.1, 0.15) is 25.1 Å². The molecule has 142 valence electrons. The van der Waals surface area contributed by atoms with Gasteiger partial charge in [0.05, 0.1) is 16.1 Å². The molecule has 7 heteroatoms. The fourth-order valence-electron chi connectivity index (χ4n) is 3.69. The zero-order chi connectivity index (χ0) is 16.8. The highest BCUT2D eigenvalue weighted by Crippen LogP contribution is 2.36. The van der Waals surface area contributed by atoms with Crippen molar-refractivity contribution in [3.8, 4) is 10.6 Å². The summed E-state index contributed by atoms with van der Waals surface area (Å²) in [5, 5.41) is 1.29. The molecule has 0 aliphatic carbocycles. The van der Waals surface area contributed by atoms with Gasteiger partial charge in [0.2, 0.25) is 0 Å². The van der Waals surface area contributed by atoms with Crippen LogP contribution < -0.4 is 4.90 Å². The number of aromatic amines is 1. The number of aromatic nitrogens is 3. The van der Waals surface area contributed by atoms with E-state index in [2.05, 4.69) is 51.3 Å². The molecular weight excluding hydrogens is 380 g/mol. The van der Waals surface area contributed by atoms with E-state index in [0.717, 1.165) is 41.5 Å². The summed E-state index contributed by atoms with van der Waals surface area (Å²) in [6.07, 6.45) is 3.81. The van der Waals surface area contributed by atoms with E-state index in [4.69, 9.17) is 4.98 Å². The quantitative estimate of drug-likeness (QED) is 0.526. The van der Waals surface area contributed by atoms with Gasteiger partial charge in [-0.15, -0.1) is 23.7 Å². The lowest BCUT2D eigenvalue weighted by atomic mass is 10.1. The second-order valence-corrected chi connectivity index (χ2v) is 7.82. The molecule has 0 unspecified atom stereocenters. The molecule has 1 saturated heterocycles. The molecular formula is C20H23ClN4OS. The number of hydrogen-bond acceptors (Lipinski definition) is 4. The van der Waals surface area contributed by atoms with Gasteiger partial charge in [-0.25, -0.2) is 9.97 Å². The Morgan fingerprint density at radius 3 is 2.59 bits per heavy atom. The van der Waals surface area contributed by atoms with E-state index >= 15 is 0 Å². The standard InChI is InChI=1S/C20H20N4S.ClH.H2O/c1-13-21-16-12-15(18-11-14-7-3-4-8-17(14)25-18)23-19(16)20(22-13)24-9-5-2-6-10-24;;/h3-4,7-8,11-12,23H,2,5-6,9-10H2,1H3;1H;1H2. The minimum atomic E-state index is 0. The third-order valence-corrected chi connectivity index (χ3v) is 6.07. The van der Waals surface area contributed by atoms with Gasteiger partial charge in [-0.3, -0.25) is 0 Å². The maximum Gasteiger partial charge on any atom is 0.156 e. The van der Waals surface area contributed by atoms with Gasteiger partial charge in [-0.1, -0.05) is 18.2 Å². The van der Waals surface area contributed by atoms with E-state index < -0.39 is 0 Å². The van der Waals surface area contributed by atoms with Crippen LogP contribution in [0.5, 0.6) is 0 Å². The number of hydrogen-bond donors (Lipinski definition) is 1. The molecule has 5 rings (SSSR count). The van der Waals surface area contributed by atoms with Crippen molar-refractivity contribution >= 4 is 50.7 Å². The summed E-state index contributed by atoms with van der Waals surface area (Å²) in [7, 11) is 0. The fourth-order valence-corrected chi connectivity index (χ4v) is 4.73. The number of piperidine rings is 1. The van der Waals surface area contributed by atoms with Crippen LogP contribution in [0.2, 0.25) is 0 Å². The summed E-state index contributed by atoms with van der Waals surface area (Å²) in [5.74, 6) is 1.91. The number of halogens is 1. The Labute approximate surface area is 168 Å². The highest BCUT2D eigenvalue weighted by molar-refractivity contribution is 7.22. The van der Waals surface area contributed by atoms with E-state index in [1.807, 2.05) is 18.3 Å². The van der Waals surface area contributed by atoms with E-state index in [0.29, 0.717) is 0 Å². The van der Waals surface area contributed by atoms with Crippen molar-refractivity contribution in [3.63, 3.8) is 0 Å². The third kappa shape index (κ3) is 3.52. The molecule has 0 saturated carbocycles. The van der Waals surface area contributed by atoms with Gasteiger partial charge in [-0.2, -0.15) is 0 Å². The summed E-state index contributed by atoms with van der Waals surface area (Å²) < 4.78 is 1.31. The van der Waals surface area contributed by atoms with Crippen LogP contribution >= 0.6 is 23.7 Å². The van der Waals surface area contributed by atoms with Crippen molar-refractivity contribution in [1.29, 1.82) is 0 Å². The predicted octanol–water partition coefficient (Wildman–Crippen LogP) is 4.74. The number of aryl methyl sites for hydroxylation is 1. The van der Waals surface area contributed by atoms with Crippen molar-refractivity contribution in [2.75, 3.05) is 18.0 Å². The van der Waals surface area contributed by atoms with Gasteiger partial charge in [0.25, 0.3) is 0 Å². The highest BCUT2D eigenvalue weighted by atomic mass is 35.5. The molecule has 0 radical (unpaired) electrons. The first kappa shape index (κ1) is 19.6. The molecule has 1 aliphatic rings. The average Bonchev–Trinajstić information content (AvgIpc) is 3.25. The first-order valence-corrected chi connectivity index (χ1v) is 9.71. The second kappa shape index (κ2) is 7.84. The third-order valence-electron chi connectivity index (χ3n) is 4.92. The lowest BCUT2D eigenvalue weighted by Gasteiger charge is -2.28. The number of nitrogens with zero attached hydrogens (tertiary/aromatic N) is 3. The number of fused-ring (bicyclic) bond motifs is 2. The lowest BCUT2D eigenvalue weighted by Crippen LogP contribution is -2.30. The van der Waals surface area contributed by atoms with Crippen molar-refractivity contribution in [2.24, 2.45) is 0 Å². The summed E-state index contributed by atoms with van der Waals surface area (Å²) in [6.45, 7) is 4.16. The summed E-state index contributed by atoms with van der Waals surface area (Å²) in [4.78, 5) is 16.7. The van der Waals surface area contributed by atoms with Gasteiger partial charge in [0.1, 0.15) is 11.3 Å². The molecule has 0 bridgehead atoms. The number of thiophene rings is 1. The molecule has 4 heterocycles. The molecule has 1 aromatic carbocycles. The number of benzene rings is 1. The first-order valence-electron chi connectivity index (χ1n) is 8.89. The van der Waals surface area contributed by atoms with E-state index in [1.54, 1.807) is 0 Å². The molecule has 4 aromatic rings. The average molecular weight is 403 g/mol. The molecule has 0 atom stereocenters. The fraction of sp³-hybridized carbons (Fsp3) is 0.300. The molecule has 0 amide bonds. The Bertz CT molecular complexity index is 1040. The Morgan fingerprint density at radius 2 is 1.81 bits per heavy atom. The zero-order valence-electron chi connectivity index (χ0n) is 15.2. The molecule has 0 spiro atoms. The molecule has 1 aliphatic heterocycles. The minimum Gasteiger partial charge on any atom is -0.412 e. The second-order valence-electron chi connectivity index (χ2n) is 6.73. The van der Waals surface area contributed by atoms with Crippen LogP contribution in [-0.2, 0) is 0 Å². The largest absolute Gasteiger partial charge is 0.412 e. The zero-order valence-corrected chi connectivity index (χ0v) is 16.8. The van der Waals surface area contributed by atoms with Crippen LogP contribution in [0, 0.1) is 6.92 Å². The Morgan fingerprint density at radius 1 is 1.04 bits per heavy atom. The van der Waals surface area contributed by atoms with E-state index in [9.17, 15) is 0 Å². The van der Waals surface area contributed by atoms with Gasteiger partial charge in [0, 0.05) is 17.8 Å². The minimum absolute atomic E-state index is 0. The van der Waals surface area contributed by atoms with Gasteiger partial charge < -0.3 is 15.4 Å². The van der Waals surface area contributed by atoms with Gasteiger partial charge in [0.15, 0.2) is 5.82 Å². The van der Waals surface area contributed by atoms with E-state index in [-0.39, 0.29) is 17.9 Å². The summed E-state index contributed by atoms with van der Waals surface area (Å²) >= 11 is 1.82. The van der Waals surface area contributed by atoms with Crippen LogP contribution in [0.15, 0.2) is 36.4 Å². The Balaban J connectivity index is 0.00000105. The van der Waals surface area contributed by atoms with Crippen LogP contribution in [0.25, 0.3) is 31.7 Å². The smallest absolute Gasteiger partial charge is 0.156 e. The van der Waals surface area contributed by atoms with Crippen molar-refractivity contribution in [2.45, 2.75) is 26.2 Å². The van der Waals surface area contributed by atoms with Crippen molar-refractivity contribution in [1.82, 2.24) is 15.0 Å². The predicted molar refractivity (Wildman–Crippen MR) is 116 cm³/mol. The number of rotatable bonds is 2. The first-order chi connectivity index (χ1) is 12.3.